The first-order chi connectivity index (χ1) is 9.95. The zero-order valence-electron chi connectivity index (χ0n) is 12.8. The van der Waals surface area contributed by atoms with Crippen molar-refractivity contribution in [2.45, 2.75) is 51.7 Å². The average Bonchev–Trinajstić information content (AvgIpc) is 2.47. The van der Waals surface area contributed by atoms with Gasteiger partial charge in [0.05, 0.1) is 12.1 Å². The summed E-state index contributed by atoms with van der Waals surface area (Å²) in [6, 6.07) is 8.29. The average molecular weight is 292 g/mol. The number of hydrogen-bond donors (Lipinski definition) is 3. The van der Waals surface area contributed by atoms with Gasteiger partial charge in [0.15, 0.2) is 0 Å². The summed E-state index contributed by atoms with van der Waals surface area (Å²) >= 11 is 0. The molecule has 0 saturated heterocycles. The number of rotatable bonds is 8. The minimum atomic E-state index is -0.924. The molecule has 1 amide bonds. The van der Waals surface area contributed by atoms with Gasteiger partial charge in [-0.25, -0.2) is 0 Å². The Labute approximate surface area is 125 Å². The maximum absolute atomic E-state index is 12.1. The fraction of sp³-hybridized carbons (Fsp3) is 0.500. The Kier molecular flexibility index (Phi) is 6.88. The first kappa shape index (κ1) is 17.2. The van der Waals surface area contributed by atoms with Crippen LogP contribution in [0.2, 0.25) is 0 Å². The number of carbonyl (C=O) groups excluding carboxylic acids is 1. The summed E-state index contributed by atoms with van der Waals surface area (Å²) in [5, 5.41) is 14.9. The van der Waals surface area contributed by atoms with Crippen molar-refractivity contribution in [3.63, 3.8) is 0 Å². The molecular formula is C16H24N2O3. The number of carbonyl (C=O) groups is 2. The molecule has 0 heterocycles. The minimum absolute atomic E-state index is 0.114. The fourth-order valence-corrected chi connectivity index (χ4v) is 2.11. The third-order valence-electron chi connectivity index (χ3n) is 3.38. The molecule has 0 bridgehead atoms. The van der Waals surface area contributed by atoms with Gasteiger partial charge in [0.2, 0.25) is 5.91 Å². The molecule has 1 aromatic carbocycles. The van der Waals surface area contributed by atoms with Gasteiger partial charge in [-0.2, -0.15) is 0 Å². The van der Waals surface area contributed by atoms with Crippen LogP contribution < -0.4 is 10.6 Å². The number of benzene rings is 1. The highest BCUT2D eigenvalue weighted by atomic mass is 16.4. The fourth-order valence-electron chi connectivity index (χ4n) is 2.11. The monoisotopic (exact) mass is 292 g/mol. The molecule has 21 heavy (non-hydrogen) atoms. The highest BCUT2D eigenvalue weighted by molar-refractivity contribution is 5.83. The third kappa shape index (κ3) is 5.55. The lowest BCUT2D eigenvalue weighted by molar-refractivity contribution is -0.140. The molecule has 3 unspecified atom stereocenters. The summed E-state index contributed by atoms with van der Waals surface area (Å²) in [6.07, 6.45) is 1.25. The predicted octanol–water partition coefficient (Wildman–Crippen LogP) is 2.10. The van der Waals surface area contributed by atoms with Crippen molar-refractivity contribution in [2.75, 3.05) is 0 Å². The van der Waals surface area contributed by atoms with E-state index in [1.807, 2.05) is 44.2 Å². The molecule has 0 aliphatic rings. The SMILES string of the molecule is CCCC(NC(C)C(=O)NC(C)c1ccccc1)C(=O)O. The van der Waals surface area contributed by atoms with E-state index in [4.69, 9.17) is 5.11 Å². The Hall–Kier alpha value is -1.88. The van der Waals surface area contributed by atoms with Gasteiger partial charge < -0.3 is 10.4 Å². The number of aliphatic carboxylic acids is 1. The first-order valence-electron chi connectivity index (χ1n) is 7.29. The molecule has 0 aromatic heterocycles. The minimum Gasteiger partial charge on any atom is -0.480 e. The van der Waals surface area contributed by atoms with E-state index in [1.165, 1.54) is 0 Å². The zero-order valence-corrected chi connectivity index (χ0v) is 12.8. The summed E-state index contributed by atoms with van der Waals surface area (Å²) in [4.78, 5) is 23.2. The Bertz CT molecular complexity index is 462. The molecule has 5 heteroatoms. The summed E-state index contributed by atoms with van der Waals surface area (Å²) in [5.74, 6) is -1.12. The topological polar surface area (TPSA) is 78.4 Å². The molecule has 3 N–H and O–H groups in total. The Balaban J connectivity index is 2.56. The lowest BCUT2D eigenvalue weighted by Crippen LogP contribution is -2.49. The van der Waals surface area contributed by atoms with Gasteiger partial charge in [-0.1, -0.05) is 43.7 Å². The molecule has 3 atom stereocenters. The Morgan fingerprint density at radius 3 is 2.33 bits per heavy atom. The number of carboxylic acids is 1. The maximum atomic E-state index is 12.1. The van der Waals surface area contributed by atoms with Crippen LogP contribution >= 0.6 is 0 Å². The van der Waals surface area contributed by atoms with E-state index >= 15 is 0 Å². The second-order valence-corrected chi connectivity index (χ2v) is 5.21. The highest BCUT2D eigenvalue weighted by Crippen LogP contribution is 2.11. The summed E-state index contributed by atoms with van der Waals surface area (Å²) in [7, 11) is 0. The first-order valence-corrected chi connectivity index (χ1v) is 7.29. The van der Waals surface area contributed by atoms with Gasteiger partial charge in [0.1, 0.15) is 6.04 Å². The van der Waals surface area contributed by atoms with Crippen molar-refractivity contribution < 1.29 is 14.7 Å². The molecule has 0 radical (unpaired) electrons. The number of nitrogens with one attached hydrogen (secondary N) is 2. The molecule has 0 spiro atoms. The molecule has 0 saturated carbocycles. The molecule has 116 valence electrons. The van der Waals surface area contributed by atoms with Crippen LogP contribution in [-0.2, 0) is 9.59 Å². The molecule has 1 aromatic rings. The van der Waals surface area contributed by atoms with E-state index in [0.29, 0.717) is 6.42 Å². The molecule has 1 rings (SSSR count). The summed E-state index contributed by atoms with van der Waals surface area (Å²) < 4.78 is 0. The number of hydrogen-bond acceptors (Lipinski definition) is 3. The molecule has 0 aliphatic carbocycles. The maximum Gasteiger partial charge on any atom is 0.320 e. The highest BCUT2D eigenvalue weighted by Gasteiger charge is 2.23. The van der Waals surface area contributed by atoms with Gasteiger partial charge in [-0.3, -0.25) is 14.9 Å². The zero-order chi connectivity index (χ0) is 15.8. The van der Waals surface area contributed by atoms with Crippen molar-refractivity contribution in [3.8, 4) is 0 Å². The van der Waals surface area contributed by atoms with Gasteiger partial charge in [-0.05, 0) is 25.8 Å². The van der Waals surface area contributed by atoms with Crippen LogP contribution in [0.3, 0.4) is 0 Å². The lowest BCUT2D eigenvalue weighted by atomic mass is 10.1. The van der Waals surface area contributed by atoms with Crippen LogP contribution in [0.25, 0.3) is 0 Å². The van der Waals surface area contributed by atoms with Crippen LogP contribution in [-0.4, -0.2) is 29.1 Å². The van der Waals surface area contributed by atoms with E-state index in [2.05, 4.69) is 10.6 Å². The standard InChI is InChI=1S/C16H24N2O3/c1-4-8-14(16(20)21)17-12(3)15(19)18-11(2)13-9-6-5-7-10-13/h5-7,9-12,14,17H,4,8H2,1-3H3,(H,18,19)(H,20,21). The van der Waals surface area contributed by atoms with Crippen LogP contribution in [0.1, 0.15) is 45.2 Å². The molecule has 0 fully saturated rings. The Morgan fingerprint density at radius 1 is 1.19 bits per heavy atom. The second kappa shape index (κ2) is 8.42. The van der Waals surface area contributed by atoms with E-state index in [9.17, 15) is 9.59 Å². The van der Waals surface area contributed by atoms with Crippen molar-refractivity contribution in [3.05, 3.63) is 35.9 Å². The largest absolute Gasteiger partial charge is 0.480 e. The van der Waals surface area contributed by atoms with E-state index in [-0.39, 0.29) is 11.9 Å². The van der Waals surface area contributed by atoms with E-state index in [1.54, 1.807) is 6.92 Å². The quantitative estimate of drug-likeness (QED) is 0.685. The smallest absolute Gasteiger partial charge is 0.320 e. The van der Waals surface area contributed by atoms with Crippen molar-refractivity contribution in [1.29, 1.82) is 0 Å². The van der Waals surface area contributed by atoms with E-state index < -0.39 is 18.1 Å². The lowest BCUT2D eigenvalue weighted by Gasteiger charge is -2.22. The van der Waals surface area contributed by atoms with Gasteiger partial charge in [0, 0.05) is 0 Å². The van der Waals surface area contributed by atoms with Crippen LogP contribution in [0.4, 0.5) is 0 Å². The van der Waals surface area contributed by atoms with Crippen molar-refractivity contribution in [1.82, 2.24) is 10.6 Å². The predicted molar refractivity (Wildman–Crippen MR) is 81.9 cm³/mol. The second-order valence-electron chi connectivity index (χ2n) is 5.21. The Morgan fingerprint density at radius 2 is 1.81 bits per heavy atom. The number of carboxylic acid groups (broad SMARTS) is 1. The van der Waals surface area contributed by atoms with Gasteiger partial charge >= 0.3 is 5.97 Å². The molecule has 5 nitrogen and oxygen atoms in total. The van der Waals surface area contributed by atoms with Crippen LogP contribution in [0.5, 0.6) is 0 Å². The van der Waals surface area contributed by atoms with Crippen LogP contribution in [0.15, 0.2) is 30.3 Å². The van der Waals surface area contributed by atoms with Crippen molar-refractivity contribution >= 4 is 11.9 Å². The van der Waals surface area contributed by atoms with Crippen LogP contribution in [0, 0.1) is 0 Å². The summed E-state index contributed by atoms with van der Waals surface area (Å²) in [5.41, 5.74) is 1.02. The normalized spacial score (nSPS) is 15.0. The van der Waals surface area contributed by atoms with E-state index in [0.717, 1.165) is 12.0 Å². The van der Waals surface area contributed by atoms with Gasteiger partial charge in [-0.15, -0.1) is 0 Å². The van der Waals surface area contributed by atoms with Gasteiger partial charge in [0.25, 0.3) is 0 Å². The van der Waals surface area contributed by atoms with Crippen molar-refractivity contribution in [2.24, 2.45) is 0 Å². The molecular weight excluding hydrogens is 268 g/mol. The molecule has 0 aliphatic heterocycles. The third-order valence-corrected chi connectivity index (χ3v) is 3.38. The number of amides is 1. The summed E-state index contributed by atoms with van der Waals surface area (Å²) in [6.45, 7) is 5.50.